The Balaban J connectivity index is 1.59. The summed E-state index contributed by atoms with van der Waals surface area (Å²) < 4.78 is 16.1. The van der Waals surface area contributed by atoms with Crippen molar-refractivity contribution in [3.05, 3.63) is 0 Å². The van der Waals surface area contributed by atoms with E-state index in [1.165, 1.54) is 25.7 Å². The van der Waals surface area contributed by atoms with Gasteiger partial charge in [0.1, 0.15) is 0 Å². The molecule has 4 heteroatoms. The van der Waals surface area contributed by atoms with E-state index in [-0.39, 0.29) is 0 Å². The van der Waals surface area contributed by atoms with E-state index in [0.717, 1.165) is 38.8 Å². The molecule has 0 spiro atoms. The first-order valence-electron chi connectivity index (χ1n) is 7.22. The third kappa shape index (κ3) is 4.84. The van der Waals surface area contributed by atoms with Crippen LogP contribution >= 0.6 is 0 Å². The van der Waals surface area contributed by atoms with Crippen molar-refractivity contribution in [2.24, 2.45) is 5.41 Å². The van der Waals surface area contributed by atoms with E-state index in [0.29, 0.717) is 18.6 Å². The first kappa shape index (κ1) is 14.3. The highest BCUT2D eigenvalue weighted by Gasteiger charge is 2.35. The SMILES string of the molecule is COCCOCCCC1(CNC2CC2)CCOC1. The molecule has 1 unspecified atom stereocenters. The number of hydrogen-bond donors (Lipinski definition) is 1. The van der Waals surface area contributed by atoms with Gasteiger partial charge >= 0.3 is 0 Å². The summed E-state index contributed by atoms with van der Waals surface area (Å²) in [5.41, 5.74) is 0.368. The molecule has 1 aliphatic heterocycles. The van der Waals surface area contributed by atoms with Crippen LogP contribution in [0.2, 0.25) is 0 Å². The zero-order valence-electron chi connectivity index (χ0n) is 11.6. The minimum absolute atomic E-state index is 0.368. The second-order valence-corrected chi connectivity index (χ2v) is 5.67. The maximum atomic E-state index is 5.61. The summed E-state index contributed by atoms with van der Waals surface area (Å²) in [7, 11) is 1.71. The molecule has 0 radical (unpaired) electrons. The van der Waals surface area contributed by atoms with Gasteiger partial charge < -0.3 is 19.5 Å². The smallest absolute Gasteiger partial charge is 0.0700 e. The maximum absolute atomic E-state index is 5.61. The van der Waals surface area contributed by atoms with Gasteiger partial charge in [-0.15, -0.1) is 0 Å². The molecule has 106 valence electrons. The third-order valence-electron chi connectivity index (χ3n) is 3.96. The molecule has 1 saturated carbocycles. The Labute approximate surface area is 110 Å². The molecule has 0 aromatic rings. The predicted octanol–water partition coefficient (Wildman–Crippen LogP) is 1.59. The normalized spacial score (nSPS) is 27.8. The van der Waals surface area contributed by atoms with Crippen LogP contribution in [0.3, 0.4) is 0 Å². The quantitative estimate of drug-likeness (QED) is 0.603. The van der Waals surface area contributed by atoms with E-state index in [1.54, 1.807) is 7.11 Å². The number of ether oxygens (including phenoxy) is 3. The molecule has 0 bridgehead atoms. The summed E-state index contributed by atoms with van der Waals surface area (Å²) in [5, 5.41) is 3.66. The minimum Gasteiger partial charge on any atom is -0.382 e. The van der Waals surface area contributed by atoms with Crippen LogP contribution in [-0.2, 0) is 14.2 Å². The van der Waals surface area contributed by atoms with Crippen LogP contribution in [-0.4, -0.2) is 52.7 Å². The van der Waals surface area contributed by atoms with Crippen molar-refractivity contribution in [1.82, 2.24) is 5.32 Å². The first-order valence-corrected chi connectivity index (χ1v) is 7.22. The van der Waals surface area contributed by atoms with Gasteiger partial charge in [0.05, 0.1) is 19.8 Å². The molecule has 2 rings (SSSR count). The Morgan fingerprint density at radius 2 is 2.17 bits per heavy atom. The van der Waals surface area contributed by atoms with Crippen molar-refractivity contribution >= 4 is 0 Å². The summed E-state index contributed by atoms with van der Waals surface area (Å²) in [6.07, 6.45) is 6.25. The Bertz CT molecular complexity index is 225. The largest absolute Gasteiger partial charge is 0.382 e. The van der Waals surface area contributed by atoms with Gasteiger partial charge in [0.15, 0.2) is 0 Å². The average molecular weight is 257 g/mol. The Morgan fingerprint density at radius 3 is 2.83 bits per heavy atom. The van der Waals surface area contributed by atoms with Gasteiger partial charge in [-0.1, -0.05) is 0 Å². The van der Waals surface area contributed by atoms with Crippen LogP contribution < -0.4 is 5.32 Å². The molecule has 2 fully saturated rings. The van der Waals surface area contributed by atoms with E-state index in [9.17, 15) is 0 Å². The topological polar surface area (TPSA) is 39.7 Å². The molecule has 18 heavy (non-hydrogen) atoms. The van der Waals surface area contributed by atoms with Gasteiger partial charge in [0, 0.05) is 38.3 Å². The third-order valence-corrected chi connectivity index (χ3v) is 3.96. The lowest BCUT2D eigenvalue weighted by molar-refractivity contribution is 0.0614. The summed E-state index contributed by atoms with van der Waals surface area (Å²) >= 11 is 0. The lowest BCUT2D eigenvalue weighted by Gasteiger charge is -2.27. The Morgan fingerprint density at radius 1 is 1.28 bits per heavy atom. The van der Waals surface area contributed by atoms with E-state index in [1.807, 2.05) is 0 Å². The molecule has 2 aliphatic rings. The minimum atomic E-state index is 0.368. The molecule has 0 amide bonds. The molecule has 1 atom stereocenters. The average Bonchev–Trinajstić information content (AvgIpc) is 3.11. The first-order chi connectivity index (χ1) is 8.85. The summed E-state index contributed by atoms with van der Waals surface area (Å²) in [4.78, 5) is 0. The highest BCUT2D eigenvalue weighted by Crippen LogP contribution is 2.34. The molecule has 1 saturated heterocycles. The fourth-order valence-corrected chi connectivity index (χ4v) is 2.52. The fourth-order valence-electron chi connectivity index (χ4n) is 2.52. The van der Waals surface area contributed by atoms with Crippen molar-refractivity contribution in [3.8, 4) is 0 Å². The molecular formula is C14H27NO3. The highest BCUT2D eigenvalue weighted by atomic mass is 16.5. The molecule has 0 aromatic heterocycles. The van der Waals surface area contributed by atoms with Gasteiger partial charge in [-0.25, -0.2) is 0 Å². The van der Waals surface area contributed by atoms with Crippen molar-refractivity contribution in [3.63, 3.8) is 0 Å². The van der Waals surface area contributed by atoms with Crippen LogP contribution in [0, 0.1) is 5.41 Å². The van der Waals surface area contributed by atoms with Crippen molar-refractivity contribution in [2.45, 2.75) is 38.1 Å². The van der Waals surface area contributed by atoms with Crippen molar-refractivity contribution < 1.29 is 14.2 Å². The Hall–Kier alpha value is -0.160. The summed E-state index contributed by atoms with van der Waals surface area (Å²) in [6.45, 7) is 5.21. The fraction of sp³-hybridized carbons (Fsp3) is 1.00. The maximum Gasteiger partial charge on any atom is 0.0700 e. The van der Waals surface area contributed by atoms with Gasteiger partial charge in [-0.05, 0) is 32.1 Å². The van der Waals surface area contributed by atoms with Crippen LogP contribution in [0.4, 0.5) is 0 Å². The Kier molecular flexibility index (Phi) is 5.89. The van der Waals surface area contributed by atoms with Crippen LogP contribution in [0.15, 0.2) is 0 Å². The van der Waals surface area contributed by atoms with E-state index in [2.05, 4.69) is 5.32 Å². The van der Waals surface area contributed by atoms with E-state index in [4.69, 9.17) is 14.2 Å². The summed E-state index contributed by atoms with van der Waals surface area (Å²) in [6, 6.07) is 0.792. The second-order valence-electron chi connectivity index (χ2n) is 5.67. The van der Waals surface area contributed by atoms with Gasteiger partial charge in [0.25, 0.3) is 0 Å². The lowest BCUT2D eigenvalue weighted by Crippen LogP contribution is -2.36. The van der Waals surface area contributed by atoms with Crippen LogP contribution in [0.5, 0.6) is 0 Å². The number of hydrogen-bond acceptors (Lipinski definition) is 4. The van der Waals surface area contributed by atoms with E-state index < -0.39 is 0 Å². The zero-order chi connectivity index (χ0) is 12.7. The molecule has 1 heterocycles. The molecule has 4 nitrogen and oxygen atoms in total. The molecule has 0 aromatic carbocycles. The van der Waals surface area contributed by atoms with Gasteiger partial charge in [-0.2, -0.15) is 0 Å². The molecular weight excluding hydrogens is 230 g/mol. The molecule has 1 N–H and O–H groups in total. The van der Waals surface area contributed by atoms with E-state index >= 15 is 0 Å². The number of rotatable bonds is 10. The summed E-state index contributed by atoms with van der Waals surface area (Å²) in [5.74, 6) is 0. The number of methoxy groups -OCH3 is 1. The van der Waals surface area contributed by atoms with Gasteiger partial charge in [0.2, 0.25) is 0 Å². The lowest BCUT2D eigenvalue weighted by atomic mass is 9.82. The van der Waals surface area contributed by atoms with Crippen LogP contribution in [0.1, 0.15) is 32.1 Å². The standard InChI is InChI=1S/C14H27NO3/c1-16-9-10-17-7-2-5-14(6-8-18-12-14)11-15-13-3-4-13/h13,15H,2-12H2,1H3. The monoisotopic (exact) mass is 257 g/mol. The van der Waals surface area contributed by atoms with Gasteiger partial charge in [-0.3, -0.25) is 0 Å². The second kappa shape index (κ2) is 7.43. The van der Waals surface area contributed by atoms with Crippen LogP contribution in [0.25, 0.3) is 0 Å². The highest BCUT2D eigenvalue weighted by molar-refractivity contribution is 4.89. The van der Waals surface area contributed by atoms with Crippen molar-refractivity contribution in [1.29, 1.82) is 0 Å². The zero-order valence-corrected chi connectivity index (χ0v) is 11.6. The number of nitrogens with one attached hydrogen (secondary N) is 1. The van der Waals surface area contributed by atoms with Crippen molar-refractivity contribution in [2.75, 3.05) is 46.7 Å². The predicted molar refractivity (Wildman–Crippen MR) is 70.8 cm³/mol. The molecule has 1 aliphatic carbocycles.